The van der Waals surface area contributed by atoms with Crippen molar-refractivity contribution in [3.63, 3.8) is 0 Å². The summed E-state index contributed by atoms with van der Waals surface area (Å²) in [5, 5.41) is 9.88. The van der Waals surface area contributed by atoms with Crippen molar-refractivity contribution >= 4 is 54.3 Å². The van der Waals surface area contributed by atoms with Gasteiger partial charge < -0.3 is 4.42 Å². The normalized spacial score (nSPS) is 12.2. The topological polar surface area (TPSA) is 13.1 Å². The number of para-hydroxylation sites is 1. The quantitative estimate of drug-likeness (QED) is 0.166. The molecular formula is C55H34O. The van der Waals surface area contributed by atoms with Gasteiger partial charge in [0.2, 0.25) is 0 Å². The van der Waals surface area contributed by atoms with E-state index >= 15 is 0 Å². The lowest BCUT2D eigenvalue weighted by atomic mass is 9.85. The highest BCUT2D eigenvalue weighted by molar-refractivity contribution is 6.21. The smallest absolute Gasteiger partial charge is 0.143 e. The van der Waals surface area contributed by atoms with Gasteiger partial charge in [0.15, 0.2) is 0 Å². The van der Waals surface area contributed by atoms with Gasteiger partial charge >= 0.3 is 0 Å². The molecule has 0 atom stereocenters. The van der Waals surface area contributed by atoms with Crippen molar-refractivity contribution in [2.45, 2.75) is 6.42 Å². The largest absolute Gasteiger partial charge is 0.455 e. The van der Waals surface area contributed by atoms with E-state index in [1.165, 1.54) is 104 Å². The van der Waals surface area contributed by atoms with Crippen molar-refractivity contribution in [2.24, 2.45) is 0 Å². The van der Waals surface area contributed by atoms with Crippen molar-refractivity contribution in [1.29, 1.82) is 0 Å². The molecule has 0 bridgehead atoms. The van der Waals surface area contributed by atoms with Gasteiger partial charge in [-0.15, -0.1) is 0 Å². The minimum atomic E-state index is 0.897. The molecule has 0 unspecified atom stereocenters. The molecule has 10 aromatic carbocycles. The van der Waals surface area contributed by atoms with E-state index in [2.05, 4.69) is 194 Å². The Balaban J connectivity index is 1.02. The van der Waals surface area contributed by atoms with Crippen LogP contribution >= 0.6 is 0 Å². The molecular weight excluding hydrogens is 677 g/mol. The summed E-state index contributed by atoms with van der Waals surface area (Å²) in [7, 11) is 0. The number of rotatable bonds is 4. The molecule has 0 aliphatic heterocycles. The Kier molecular flexibility index (Phi) is 6.76. The van der Waals surface area contributed by atoms with Crippen LogP contribution in [0.15, 0.2) is 199 Å². The second-order valence-corrected chi connectivity index (χ2v) is 15.1. The van der Waals surface area contributed by atoms with E-state index in [9.17, 15) is 0 Å². The zero-order valence-corrected chi connectivity index (χ0v) is 30.6. The van der Waals surface area contributed by atoms with Crippen molar-refractivity contribution in [2.75, 3.05) is 0 Å². The van der Waals surface area contributed by atoms with E-state index in [4.69, 9.17) is 4.42 Å². The maximum absolute atomic E-state index is 6.59. The monoisotopic (exact) mass is 710 g/mol. The maximum atomic E-state index is 6.59. The van der Waals surface area contributed by atoms with Gasteiger partial charge in [0.25, 0.3) is 0 Å². The molecule has 0 radical (unpaired) electrons. The van der Waals surface area contributed by atoms with Crippen molar-refractivity contribution in [1.82, 2.24) is 0 Å². The van der Waals surface area contributed by atoms with Crippen molar-refractivity contribution in [3.8, 4) is 55.6 Å². The summed E-state index contributed by atoms with van der Waals surface area (Å²) in [6.07, 6.45) is 0.897. The first-order valence-corrected chi connectivity index (χ1v) is 19.5. The van der Waals surface area contributed by atoms with Crippen LogP contribution in [0.25, 0.3) is 110 Å². The zero-order valence-electron chi connectivity index (χ0n) is 30.6. The SMILES string of the molecule is c1cc(-c2ccc3ccccc3c2)cc(-c2c3ccccc3c(-c3ccc(-c4cc5c(oc6ccccc65)c5c4Cc4ccccc4-5)cc3)c3ccccc23)c1. The third-order valence-corrected chi connectivity index (χ3v) is 12.1. The maximum Gasteiger partial charge on any atom is 0.143 e. The first-order valence-electron chi connectivity index (χ1n) is 19.5. The number of furan rings is 1. The minimum absolute atomic E-state index is 0.897. The van der Waals surface area contributed by atoms with E-state index in [0.717, 1.165) is 23.0 Å². The molecule has 1 aromatic heterocycles. The Morgan fingerprint density at radius 1 is 0.321 bits per heavy atom. The predicted octanol–water partition coefficient (Wildman–Crippen LogP) is 15.3. The molecule has 0 spiro atoms. The molecule has 0 fully saturated rings. The number of fused-ring (bicyclic) bond motifs is 10. The fourth-order valence-corrected chi connectivity index (χ4v) is 9.52. The lowest BCUT2D eigenvalue weighted by Crippen LogP contribution is -1.92. The molecule has 0 saturated carbocycles. The van der Waals surface area contributed by atoms with Crippen LogP contribution in [0.5, 0.6) is 0 Å². The molecule has 1 aliphatic rings. The second-order valence-electron chi connectivity index (χ2n) is 15.1. The Labute approximate surface area is 324 Å². The molecule has 1 heteroatoms. The summed E-state index contributed by atoms with van der Waals surface area (Å²) >= 11 is 0. The van der Waals surface area contributed by atoms with Crippen LogP contribution in [0.4, 0.5) is 0 Å². The van der Waals surface area contributed by atoms with Gasteiger partial charge in [0, 0.05) is 16.3 Å². The van der Waals surface area contributed by atoms with E-state index in [1.54, 1.807) is 0 Å². The molecule has 260 valence electrons. The van der Waals surface area contributed by atoms with Crippen molar-refractivity contribution in [3.05, 3.63) is 205 Å². The fourth-order valence-electron chi connectivity index (χ4n) is 9.52. The van der Waals surface area contributed by atoms with Gasteiger partial charge in [0.05, 0.1) is 0 Å². The summed E-state index contributed by atoms with van der Waals surface area (Å²) in [4.78, 5) is 0. The van der Waals surface area contributed by atoms with Crippen LogP contribution < -0.4 is 0 Å². The fraction of sp³-hybridized carbons (Fsp3) is 0.0182. The highest BCUT2D eigenvalue weighted by atomic mass is 16.3. The Morgan fingerprint density at radius 2 is 0.893 bits per heavy atom. The van der Waals surface area contributed by atoms with E-state index in [-0.39, 0.29) is 0 Å². The molecule has 1 nitrogen and oxygen atoms in total. The molecule has 1 heterocycles. The Bertz CT molecular complexity index is 3320. The first-order chi connectivity index (χ1) is 27.8. The van der Waals surface area contributed by atoms with Crippen LogP contribution in [0.3, 0.4) is 0 Å². The first kappa shape index (κ1) is 31.2. The van der Waals surface area contributed by atoms with Gasteiger partial charge in [-0.3, -0.25) is 0 Å². The molecule has 0 N–H and O–H groups in total. The Morgan fingerprint density at radius 3 is 1.66 bits per heavy atom. The zero-order chi connectivity index (χ0) is 36.7. The van der Waals surface area contributed by atoms with Gasteiger partial charge in [-0.1, -0.05) is 170 Å². The molecule has 0 amide bonds. The van der Waals surface area contributed by atoms with Crippen LogP contribution in [0.2, 0.25) is 0 Å². The molecule has 1 aliphatic carbocycles. The third kappa shape index (κ3) is 4.68. The van der Waals surface area contributed by atoms with Crippen LogP contribution in [-0.4, -0.2) is 0 Å². The van der Waals surface area contributed by atoms with Gasteiger partial charge in [0.1, 0.15) is 11.2 Å². The van der Waals surface area contributed by atoms with Crippen LogP contribution in [-0.2, 0) is 6.42 Å². The van der Waals surface area contributed by atoms with E-state index in [1.807, 2.05) is 0 Å². The summed E-state index contributed by atoms with van der Waals surface area (Å²) in [5.41, 5.74) is 17.1. The summed E-state index contributed by atoms with van der Waals surface area (Å²) < 4.78 is 6.59. The van der Waals surface area contributed by atoms with E-state index in [0.29, 0.717) is 0 Å². The summed E-state index contributed by atoms with van der Waals surface area (Å²) in [5.74, 6) is 0. The lowest BCUT2D eigenvalue weighted by molar-refractivity contribution is 0.670. The molecule has 12 rings (SSSR count). The second kappa shape index (κ2) is 12.1. The molecule has 56 heavy (non-hydrogen) atoms. The minimum Gasteiger partial charge on any atom is -0.455 e. The molecule has 0 saturated heterocycles. The van der Waals surface area contributed by atoms with Gasteiger partial charge in [-0.25, -0.2) is 0 Å². The predicted molar refractivity (Wildman–Crippen MR) is 236 cm³/mol. The summed E-state index contributed by atoms with van der Waals surface area (Å²) in [6.45, 7) is 0. The average molecular weight is 711 g/mol. The molecule has 11 aromatic rings. The number of hydrogen-bond acceptors (Lipinski definition) is 1. The van der Waals surface area contributed by atoms with Gasteiger partial charge in [-0.05, 0) is 124 Å². The summed E-state index contributed by atoms with van der Waals surface area (Å²) in [6, 6.07) is 71.2. The van der Waals surface area contributed by atoms with Crippen molar-refractivity contribution < 1.29 is 4.42 Å². The van der Waals surface area contributed by atoms with Crippen LogP contribution in [0.1, 0.15) is 11.1 Å². The third-order valence-electron chi connectivity index (χ3n) is 12.1. The van der Waals surface area contributed by atoms with Gasteiger partial charge in [-0.2, -0.15) is 0 Å². The average Bonchev–Trinajstić information content (AvgIpc) is 3.84. The standard InChI is InChI=1S/C55H34O/c1-2-13-37-30-39(29-24-34(37)12-1)38-15-11-16-41(31-38)53-46-21-7-5-19-44(46)52(45-20-6-8-22-47(45)53)36-27-25-35(26-28-36)48-33-50-43-18-9-10-23-51(43)56-55(50)54-42-17-4-3-14-40(42)32-49(48)54/h1-31,33H,32H2. The highest BCUT2D eigenvalue weighted by Crippen LogP contribution is 2.49. The van der Waals surface area contributed by atoms with Crippen LogP contribution in [0, 0.1) is 0 Å². The number of benzene rings is 10. The number of hydrogen-bond donors (Lipinski definition) is 0. The highest BCUT2D eigenvalue weighted by Gasteiger charge is 2.27. The van der Waals surface area contributed by atoms with E-state index < -0.39 is 0 Å². The lowest BCUT2D eigenvalue weighted by Gasteiger charge is -2.18. The Hall–Kier alpha value is -7.22.